The van der Waals surface area contributed by atoms with Crippen molar-refractivity contribution in [1.29, 1.82) is 0 Å². The molecule has 4 heteroatoms. The van der Waals surface area contributed by atoms with Crippen molar-refractivity contribution in [2.45, 2.75) is 38.6 Å². The van der Waals surface area contributed by atoms with Crippen LogP contribution in [0.3, 0.4) is 0 Å². The molecular weight excluding hydrogens is 232 g/mol. The maximum atomic E-state index is 5.61. The second-order valence-electron chi connectivity index (χ2n) is 4.67. The van der Waals surface area contributed by atoms with E-state index >= 15 is 0 Å². The van der Waals surface area contributed by atoms with Crippen molar-refractivity contribution >= 4 is 11.3 Å². The average molecular weight is 254 g/mol. The second-order valence-corrected chi connectivity index (χ2v) is 5.65. The van der Waals surface area contributed by atoms with Crippen molar-refractivity contribution in [1.82, 2.24) is 10.3 Å². The Balaban J connectivity index is 1.91. The fourth-order valence-corrected chi connectivity index (χ4v) is 3.04. The number of hydrogen-bond acceptors (Lipinski definition) is 4. The van der Waals surface area contributed by atoms with Gasteiger partial charge >= 0.3 is 0 Å². The molecule has 3 nitrogen and oxygen atoms in total. The molecular formula is C13H22N2OS. The van der Waals surface area contributed by atoms with Gasteiger partial charge in [0, 0.05) is 30.6 Å². The summed E-state index contributed by atoms with van der Waals surface area (Å²) in [7, 11) is 0. The topological polar surface area (TPSA) is 34.2 Å². The third-order valence-corrected chi connectivity index (χ3v) is 4.10. The van der Waals surface area contributed by atoms with Gasteiger partial charge in [-0.15, -0.1) is 11.3 Å². The van der Waals surface area contributed by atoms with Gasteiger partial charge in [-0.3, -0.25) is 0 Å². The lowest BCUT2D eigenvalue weighted by atomic mass is 9.91. The minimum absolute atomic E-state index is 0.529. The molecule has 1 aromatic rings. The first-order chi connectivity index (χ1) is 8.40. The summed E-state index contributed by atoms with van der Waals surface area (Å²) in [6, 6.07) is 0.529. The predicted molar refractivity (Wildman–Crippen MR) is 71.4 cm³/mol. The second kappa shape index (κ2) is 7.09. The van der Waals surface area contributed by atoms with E-state index in [0.29, 0.717) is 12.0 Å². The summed E-state index contributed by atoms with van der Waals surface area (Å²) < 4.78 is 5.61. The lowest BCUT2D eigenvalue weighted by Gasteiger charge is -2.30. The van der Waals surface area contributed by atoms with Crippen molar-refractivity contribution in [2.75, 3.05) is 19.8 Å². The summed E-state index contributed by atoms with van der Waals surface area (Å²) in [6.07, 6.45) is 6.61. The standard InChI is InChI=1S/C13H22N2OS/c1-2-5-14-12(9-13-15-6-8-17-13)11-4-3-7-16-10-11/h6,8,11-12,14H,2-5,7,9-10H2,1H3. The van der Waals surface area contributed by atoms with E-state index in [4.69, 9.17) is 4.74 Å². The highest BCUT2D eigenvalue weighted by atomic mass is 32.1. The van der Waals surface area contributed by atoms with E-state index < -0.39 is 0 Å². The first-order valence-corrected chi connectivity index (χ1v) is 7.47. The van der Waals surface area contributed by atoms with Gasteiger partial charge in [0.1, 0.15) is 0 Å². The van der Waals surface area contributed by atoms with Gasteiger partial charge < -0.3 is 10.1 Å². The number of hydrogen-bond donors (Lipinski definition) is 1. The van der Waals surface area contributed by atoms with Gasteiger partial charge in [0.25, 0.3) is 0 Å². The van der Waals surface area contributed by atoms with Crippen LogP contribution < -0.4 is 5.32 Å². The Morgan fingerprint density at radius 1 is 1.65 bits per heavy atom. The van der Waals surface area contributed by atoms with Gasteiger partial charge in [-0.1, -0.05) is 6.92 Å². The molecule has 0 saturated carbocycles. The fourth-order valence-electron chi connectivity index (χ4n) is 2.36. The van der Waals surface area contributed by atoms with E-state index in [1.165, 1.54) is 24.3 Å². The quantitative estimate of drug-likeness (QED) is 0.847. The zero-order chi connectivity index (χ0) is 11.9. The molecule has 96 valence electrons. The van der Waals surface area contributed by atoms with Crippen LogP contribution in [0.15, 0.2) is 11.6 Å². The molecule has 1 fully saturated rings. The Morgan fingerprint density at radius 2 is 2.59 bits per heavy atom. The monoisotopic (exact) mass is 254 g/mol. The molecule has 17 heavy (non-hydrogen) atoms. The van der Waals surface area contributed by atoms with E-state index in [-0.39, 0.29) is 0 Å². The van der Waals surface area contributed by atoms with Gasteiger partial charge in [0.2, 0.25) is 0 Å². The van der Waals surface area contributed by atoms with E-state index in [2.05, 4.69) is 22.6 Å². The molecule has 0 bridgehead atoms. The van der Waals surface area contributed by atoms with Crippen LogP contribution in [-0.4, -0.2) is 30.8 Å². The molecule has 2 rings (SSSR count). The third-order valence-electron chi connectivity index (χ3n) is 3.30. The average Bonchev–Trinajstić information content (AvgIpc) is 2.88. The molecule has 0 amide bonds. The molecule has 2 atom stereocenters. The predicted octanol–water partition coefficient (Wildman–Crippen LogP) is 2.48. The van der Waals surface area contributed by atoms with Gasteiger partial charge in [-0.2, -0.15) is 0 Å². The van der Waals surface area contributed by atoms with E-state index in [9.17, 15) is 0 Å². The maximum Gasteiger partial charge on any atom is 0.0940 e. The van der Waals surface area contributed by atoms with Crippen LogP contribution in [0.25, 0.3) is 0 Å². The van der Waals surface area contributed by atoms with Gasteiger partial charge in [-0.05, 0) is 31.7 Å². The Hall–Kier alpha value is -0.450. The van der Waals surface area contributed by atoms with Crippen LogP contribution in [0.1, 0.15) is 31.2 Å². The minimum Gasteiger partial charge on any atom is -0.381 e. The van der Waals surface area contributed by atoms with Crippen molar-refractivity contribution in [3.8, 4) is 0 Å². The molecule has 2 heterocycles. The van der Waals surface area contributed by atoms with Gasteiger partial charge in [0.05, 0.1) is 11.6 Å². The maximum absolute atomic E-state index is 5.61. The summed E-state index contributed by atoms with van der Waals surface area (Å²) >= 11 is 1.76. The number of ether oxygens (including phenoxy) is 1. The van der Waals surface area contributed by atoms with Gasteiger partial charge in [-0.25, -0.2) is 4.98 Å². The summed E-state index contributed by atoms with van der Waals surface area (Å²) in [5.74, 6) is 0.652. The number of nitrogens with zero attached hydrogens (tertiary/aromatic N) is 1. The molecule has 2 unspecified atom stereocenters. The van der Waals surface area contributed by atoms with Crippen molar-refractivity contribution in [3.05, 3.63) is 16.6 Å². The van der Waals surface area contributed by atoms with Crippen LogP contribution in [0, 0.1) is 5.92 Å². The minimum atomic E-state index is 0.529. The van der Waals surface area contributed by atoms with Gasteiger partial charge in [0.15, 0.2) is 0 Å². The smallest absolute Gasteiger partial charge is 0.0940 e. The van der Waals surface area contributed by atoms with E-state index in [1.807, 2.05) is 6.20 Å². The Morgan fingerprint density at radius 3 is 3.24 bits per heavy atom. The highest BCUT2D eigenvalue weighted by Crippen LogP contribution is 2.21. The normalized spacial score (nSPS) is 22.5. The lowest BCUT2D eigenvalue weighted by molar-refractivity contribution is 0.0393. The molecule has 0 radical (unpaired) electrons. The molecule has 1 saturated heterocycles. The molecule has 1 aromatic heterocycles. The molecule has 1 N–H and O–H groups in total. The molecule has 0 spiro atoms. The SMILES string of the molecule is CCCNC(Cc1nccs1)C1CCCOC1. The highest BCUT2D eigenvalue weighted by molar-refractivity contribution is 7.09. The Labute approximate surface area is 108 Å². The summed E-state index contributed by atoms with van der Waals surface area (Å²) in [5, 5.41) is 6.96. The zero-order valence-corrected chi connectivity index (χ0v) is 11.3. The number of thiazole rings is 1. The van der Waals surface area contributed by atoms with E-state index in [1.54, 1.807) is 11.3 Å². The zero-order valence-electron chi connectivity index (χ0n) is 10.5. The lowest BCUT2D eigenvalue weighted by Crippen LogP contribution is -2.42. The first-order valence-electron chi connectivity index (χ1n) is 6.59. The Kier molecular flexibility index (Phi) is 5.42. The molecule has 1 aliphatic heterocycles. The summed E-state index contributed by atoms with van der Waals surface area (Å²) in [6.45, 7) is 5.15. The van der Waals surface area contributed by atoms with Crippen molar-refractivity contribution < 1.29 is 4.74 Å². The van der Waals surface area contributed by atoms with E-state index in [0.717, 1.165) is 26.2 Å². The van der Waals surface area contributed by atoms with Crippen LogP contribution in [0.5, 0.6) is 0 Å². The molecule has 1 aliphatic rings. The largest absolute Gasteiger partial charge is 0.381 e. The van der Waals surface area contributed by atoms with Crippen LogP contribution in [-0.2, 0) is 11.2 Å². The molecule has 0 aliphatic carbocycles. The third kappa shape index (κ3) is 4.05. The van der Waals surface area contributed by atoms with Crippen LogP contribution in [0.2, 0.25) is 0 Å². The number of nitrogens with one attached hydrogen (secondary N) is 1. The molecule has 0 aromatic carbocycles. The van der Waals surface area contributed by atoms with Crippen LogP contribution in [0.4, 0.5) is 0 Å². The fraction of sp³-hybridized carbons (Fsp3) is 0.769. The first kappa shape index (κ1) is 13.0. The number of aromatic nitrogens is 1. The van der Waals surface area contributed by atoms with Crippen molar-refractivity contribution in [3.63, 3.8) is 0 Å². The summed E-state index contributed by atoms with van der Waals surface area (Å²) in [5.41, 5.74) is 0. The number of rotatable bonds is 6. The summed E-state index contributed by atoms with van der Waals surface area (Å²) in [4.78, 5) is 4.40. The Bertz CT molecular complexity index is 296. The van der Waals surface area contributed by atoms with Crippen LogP contribution >= 0.6 is 11.3 Å². The van der Waals surface area contributed by atoms with Crippen molar-refractivity contribution in [2.24, 2.45) is 5.92 Å². The highest BCUT2D eigenvalue weighted by Gasteiger charge is 2.24.